The van der Waals surface area contributed by atoms with Crippen LogP contribution in [0.5, 0.6) is 0 Å². The number of hydrogen-bond acceptors (Lipinski definition) is 4. The molecule has 0 aromatic heterocycles. The van der Waals surface area contributed by atoms with E-state index in [4.69, 9.17) is 9.31 Å². The maximum absolute atomic E-state index is 13.0. The molecule has 3 rings (SSSR count). The normalized spacial score (nSPS) is 19.4. The Bertz CT molecular complexity index is 1020. The van der Waals surface area contributed by atoms with E-state index in [-0.39, 0.29) is 4.90 Å². The number of rotatable bonds is 5. The average molecular weight is 455 g/mol. The monoisotopic (exact) mass is 455 g/mol. The molecule has 5 nitrogen and oxygen atoms in total. The van der Waals surface area contributed by atoms with Gasteiger partial charge in [-0.1, -0.05) is 29.8 Å². The number of sulfonamides is 1. The summed E-state index contributed by atoms with van der Waals surface area (Å²) in [5.74, 6) is -1.06. The second-order valence-corrected chi connectivity index (χ2v) is 10.4. The first-order valence-electron chi connectivity index (χ1n) is 9.74. The van der Waals surface area contributed by atoms with Gasteiger partial charge in [0, 0.05) is 0 Å². The van der Waals surface area contributed by atoms with Gasteiger partial charge in [-0.25, -0.2) is 13.1 Å². The van der Waals surface area contributed by atoms with Crippen LogP contribution in [0.1, 0.15) is 50.3 Å². The first-order chi connectivity index (χ1) is 14.1. The molecule has 1 N–H and O–H groups in total. The number of benzene rings is 2. The molecule has 1 aliphatic rings. The molecular formula is C21H25BF3NO4S. The van der Waals surface area contributed by atoms with E-state index in [9.17, 15) is 21.6 Å². The van der Waals surface area contributed by atoms with Gasteiger partial charge in [-0.15, -0.1) is 0 Å². The highest BCUT2D eigenvalue weighted by Crippen LogP contribution is 2.41. The van der Waals surface area contributed by atoms with E-state index in [1.807, 2.05) is 34.6 Å². The average Bonchev–Trinajstić information content (AvgIpc) is 2.87. The lowest BCUT2D eigenvalue weighted by Gasteiger charge is -2.32. The van der Waals surface area contributed by atoms with Crippen molar-refractivity contribution in [3.63, 3.8) is 0 Å². The SMILES string of the molecule is Cc1ccc(S(=O)(=O)NC(B2OC(C)(C)C(C)(C)O2)c2ccc(C(F)(F)F)cc2)cc1. The molecule has 0 bridgehead atoms. The van der Waals surface area contributed by atoms with Gasteiger partial charge in [-0.05, 0) is 64.4 Å². The minimum absolute atomic E-state index is 0.0338. The first-order valence-corrected chi connectivity index (χ1v) is 11.2. The number of halogens is 3. The molecule has 1 fully saturated rings. The number of alkyl halides is 3. The molecule has 1 aliphatic heterocycles. The minimum atomic E-state index is -4.50. The molecule has 1 atom stereocenters. The van der Waals surface area contributed by atoms with Crippen LogP contribution in [0.25, 0.3) is 0 Å². The predicted octanol–water partition coefficient (Wildman–Crippen LogP) is 4.66. The van der Waals surface area contributed by atoms with Crippen molar-refractivity contribution in [3.05, 3.63) is 65.2 Å². The second-order valence-electron chi connectivity index (χ2n) is 8.66. The van der Waals surface area contributed by atoms with Crippen LogP contribution in [0.4, 0.5) is 13.2 Å². The van der Waals surface area contributed by atoms with E-state index in [1.165, 1.54) is 24.3 Å². The van der Waals surface area contributed by atoms with Gasteiger partial charge in [0.05, 0.1) is 27.6 Å². The Kier molecular flexibility index (Phi) is 6.07. The topological polar surface area (TPSA) is 64.6 Å². The molecule has 0 amide bonds. The Labute approximate surface area is 181 Å². The Hall–Kier alpha value is -1.88. The van der Waals surface area contributed by atoms with Crippen molar-refractivity contribution in [1.29, 1.82) is 0 Å². The van der Waals surface area contributed by atoms with E-state index in [1.54, 1.807) is 12.1 Å². The molecule has 0 spiro atoms. The van der Waals surface area contributed by atoms with Gasteiger partial charge in [0.25, 0.3) is 0 Å². The smallest absolute Gasteiger partial charge is 0.402 e. The Morgan fingerprint density at radius 3 is 1.84 bits per heavy atom. The summed E-state index contributed by atoms with van der Waals surface area (Å²) in [4.78, 5) is 0.0338. The zero-order chi connectivity index (χ0) is 23.2. The lowest BCUT2D eigenvalue weighted by atomic mass is 9.74. The highest BCUT2D eigenvalue weighted by atomic mass is 32.2. The van der Waals surface area contributed by atoms with Crippen LogP contribution in [0.15, 0.2) is 53.4 Å². The van der Waals surface area contributed by atoms with Gasteiger partial charge >= 0.3 is 13.3 Å². The molecule has 31 heavy (non-hydrogen) atoms. The molecular weight excluding hydrogens is 430 g/mol. The van der Waals surface area contributed by atoms with Crippen molar-refractivity contribution in [2.24, 2.45) is 0 Å². The fourth-order valence-corrected chi connectivity index (χ4v) is 4.35. The molecule has 10 heteroatoms. The molecule has 1 unspecified atom stereocenters. The third kappa shape index (κ3) is 4.97. The first kappa shape index (κ1) is 23.8. The van der Waals surface area contributed by atoms with Gasteiger partial charge in [-0.3, -0.25) is 0 Å². The molecule has 0 aliphatic carbocycles. The van der Waals surface area contributed by atoms with Crippen LogP contribution in [-0.4, -0.2) is 26.7 Å². The summed E-state index contributed by atoms with van der Waals surface area (Å²) < 4.78 is 79.6. The van der Waals surface area contributed by atoms with Crippen LogP contribution in [-0.2, 0) is 25.5 Å². The zero-order valence-corrected chi connectivity index (χ0v) is 18.8. The third-order valence-electron chi connectivity index (χ3n) is 5.75. The van der Waals surface area contributed by atoms with E-state index in [2.05, 4.69) is 4.72 Å². The van der Waals surface area contributed by atoms with Crippen molar-refractivity contribution in [2.45, 2.75) is 62.8 Å². The summed E-state index contributed by atoms with van der Waals surface area (Å²) in [6.07, 6.45) is -4.50. The number of aryl methyl sites for hydroxylation is 1. The molecule has 0 radical (unpaired) electrons. The number of nitrogens with one attached hydrogen (secondary N) is 1. The van der Waals surface area contributed by atoms with Gasteiger partial charge in [0.15, 0.2) is 0 Å². The summed E-state index contributed by atoms with van der Waals surface area (Å²) in [5.41, 5.74) is -1.15. The predicted molar refractivity (Wildman–Crippen MR) is 112 cm³/mol. The van der Waals surface area contributed by atoms with Crippen LogP contribution in [0.2, 0.25) is 0 Å². The van der Waals surface area contributed by atoms with Crippen molar-refractivity contribution in [2.75, 3.05) is 0 Å². The van der Waals surface area contributed by atoms with E-state index < -0.39 is 46.0 Å². The third-order valence-corrected chi connectivity index (χ3v) is 7.21. The highest BCUT2D eigenvalue weighted by molar-refractivity contribution is 7.89. The lowest BCUT2D eigenvalue weighted by molar-refractivity contribution is -0.137. The van der Waals surface area contributed by atoms with Crippen molar-refractivity contribution < 1.29 is 30.9 Å². The number of hydrogen-bond donors (Lipinski definition) is 1. The van der Waals surface area contributed by atoms with Crippen LogP contribution in [0, 0.1) is 6.92 Å². The largest absolute Gasteiger partial charge is 0.481 e. The van der Waals surface area contributed by atoms with Crippen molar-refractivity contribution >= 4 is 17.1 Å². The highest BCUT2D eigenvalue weighted by Gasteiger charge is 2.55. The van der Waals surface area contributed by atoms with Gasteiger partial charge in [0.2, 0.25) is 10.0 Å². The maximum Gasteiger partial charge on any atom is 0.481 e. The van der Waals surface area contributed by atoms with Gasteiger partial charge < -0.3 is 9.31 Å². The van der Waals surface area contributed by atoms with Crippen LogP contribution < -0.4 is 4.72 Å². The molecule has 2 aromatic rings. The standard InChI is InChI=1S/C21H25BF3NO4S/c1-14-6-12-17(13-7-14)31(27,28)26-18(22-29-19(2,3)20(4,5)30-22)15-8-10-16(11-9-15)21(23,24)25/h6-13,18,26H,1-5H3. The van der Waals surface area contributed by atoms with Gasteiger partial charge in [-0.2, -0.15) is 13.2 Å². The van der Waals surface area contributed by atoms with Crippen LogP contribution >= 0.6 is 0 Å². The van der Waals surface area contributed by atoms with Gasteiger partial charge in [0.1, 0.15) is 0 Å². The maximum atomic E-state index is 13.0. The van der Waals surface area contributed by atoms with E-state index >= 15 is 0 Å². The minimum Gasteiger partial charge on any atom is -0.402 e. The Balaban J connectivity index is 2.00. The fraction of sp³-hybridized carbons (Fsp3) is 0.429. The molecule has 1 heterocycles. The Morgan fingerprint density at radius 2 is 1.39 bits per heavy atom. The Morgan fingerprint density at radius 1 is 0.903 bits per heavy atom. The van der Waals surface area contributed by atoms with E-state index in [0.717, 1.165) is 17.7 Å². The second kappa shape index (κ2) is 7.92. The molecule has 168 valence electrons. The fourth-order valence-electron chi connectivity index (χ4n) is 3.14. The van der Waals surface area contributed by atoms with Crippen molar-refractivity contribution in [3.8, 4) is 0 Å². The summed E-state index contributed by atoms with van der Waals surface area (Å²) in [7, 11) is -5.05. The molecule has 0 saturated carbocycles. The summed E-state index contributed by atoms with van der Waals surface area (Å²) in [6.45, 7) is 9.08. The lowest BCUT2D eigenvalue weighted by Crippen LogP contribution is -2.41. The quantitative estimate of drug-likeness (QED) is 0.666. The molecule has 1 saturated heterocycles. The molecule has 2 aromatic carbocycles. The summed E-state index contributed by atoms with van der Waals surface area (Å²) in [5, 5.41) is 0. The van der Waals surface area contributed by atoms with Crippen LogP contribution in [0.3, 0.4) is 0 Å². The van der Waals surface area contributed by atoms with Crippen molar-refractivity contribution in [1.82, 2.24) is 4.72 Å². The van der Waals surface area contributed by atoms with E-state index in [0.29, 0.717) is 5.56 Å². The summed E-state index contributed by atoms with van der Waals surface area (Å²) in [6, 6.07) is 10.5. The zero-order valence-electron chi connectivity index (χ0n) is 17.9. The summed E-state index contributed by atoms with van der Waals surface area (Å²) >= 11 is 0.